The van der Waals surface area contributed by atoms with Gasteiger partial charge >= 0.3 is 0 Å². The molecule has 106 valence electrons. The predicted octanol–water partition coefficient (Wildman–Crippen LogP) is 3.59. The predicted molar refractivity (Wildman–Crippen MR) is 78.5 cm³/mol. The number of nitrogens with one attached hydrogen (secondary N) is 1. The van der Waals surface area contributed by atoms with Gasteiger partial charge in [-0.1, -0.05) is 19.8 Å². The van der Waals surface area contributed by atoms with Gasteiger partial charge in [-0.15, -0.1) is 11.3 Å². The van der Waals surface area contributed by atoms with Crippen LogP contribution in [0.2, 0.25) is 0 Å². The smallest absolute Gasteiger partial charge is 0.122 e. The summed E-state index contributed by atoms with van der Waals surface area (Å²) in [5, 5.41) is 4.91. The number of ether oxygens (including phenoxy) is 1. The van der Waals surface area contributed by atoms with E-state index in [2.05, 4.69) is 12.2 Å². The maximum atomic E-state index is 5.76. The van der Waals surface area contributed by atoms with Gasteiger partial charge in [0.1, 0.15) is 11.1 Å². The Morgan fingerprint density at radius 2 is 2.11 bits per heavy atom. The molecule has 0 amide bonds. The van der Waals surface area contributed by atoms with E-state index < -0.39 is 0 Å². The molecule has 2 aliphatic rings. The zero-order valence-electron chi connectivity index (χ0n) is 11.8. The summed E-state index contributed by atoms with van der Waals surface area (Å²) in [7, 11) is 0. The maximum Gasteiger partial charge on any atom is 0.122 e. The third kappa shape index (κ3) is 3.18. The first-order valence-electron chi connectivity index (χ1n) is 7.70. The van der Waals surface area contributed by atoms with Crippen LogP contribution in [0.5, 0.6) is 0 Å². The minimum absolute atomic E-state index is 0.274. The molecule has 1 aliphatic heterocycles. The molecule has 2 fully saturated rings. The molecule has 1 saturated heterocycles. The summed E-state index contributed by atoms with van der Waals surface area (Å²) >= 11 is 1.87. The number of aryl methyl sites for hydroxylation is 1. The Morgan fingerprint density at radius 3 is 2.79 bits per heavy atom. The highest BCUT2D eigenvalue weighted by Crippen LogP contribution is 2.33. The lowest BCUT2D eigenvalue weighted by Gasteiger charge is -2.10. The molecule has 3 nitrogen and oxygen atoms in total. The van der Waals surface area contributed by atoms with Crippen molar-refractivity contribution in [1.82, 2.24) is 10.3 Å². The van der Waals surface area contributed by atoms with Crippen LogP contribution in [0.3, 0.4) is 0 Å². The minimum Gasteiger partial charge on any atom is -0.371 e. The molecule has 1 unspecified atom stereocenters. The number of hydrogen-bond donors (Lipinski definition) is 1. The van der Waals surface area contributed by atoms with Crippen molar-refractivity contribution in [3.63, 3.8) is 0 Å². The van der Waals surface area contributed by atoms with Gasteiger partial charge in [-0.2, -0.15) is 0 Å². The highest BCUT2D eigenvalue weighted by molar-refractivity contribution is 7.11. The van der Waals surface area contributed by atoms with Crippen LogP contribution in [0.25, 0.3) is 0 Å². The van der Waals surface area contributed by atoms with Crippen LogP contribution in [-0.2, 0) is 17.7 Å². The molecular formula is C15H24N2OS. The number of thiazole rings is 1. The first kappa shape index (κ1) is 13.5. The first-order valence-corrected chi connectivity index (χ1v) is 8.52. The molecule has 1 aliphatic carbocycles. The third-order valence-corrected chi connectivity index (χ3v) is 5.43. The van der Waals surface area contributed by atoms with Gasteiger partial charge in [0.25, 0.3) is 0 Å². The lowest BCUT2D eigenvalue weighted by atomic mass is 10.2. The molecule has 1 aromatic rings. The maximum absolute atomic E-state index is 5.76. The summed E-state index contributed by atoms with van der Waals surface area (Å²) in [6, 6.07) is 0.734. The lowest BCUT2D eigenvalue weighted by Crippen LogP contribution is -2.25. The Labute approximate surface area is 119 Å². The molecule has 1 N–H and O–H groups in total. The molecule has 4 heteroatoms. The second-order valence-corrected chi connectivity index (χ2v) is 6.75. The van der Waals surface area contributed by atoms with Crippen LogP contribution in [0, 0.1) is 0 Å². The Hall–Kier alpha value is -0.450. The van der Waals surface area contributed by atoms with Gasteiger partial charge in [-0.05, 0) is 32.1 Å². The second kappa shape index (κ2) is 6.33. The van der Waals surface area contributed by atoms with Crippen LogP contribution >= 0.6 is 11.3 Å². The van der Waals surface area contributed by atoms with E-state index in [9.17, 15) is 0 Å². The fourth-order valence-electron chi connectivity index (χ4n) is 3.09. The highest BCUT2D eigenvalue weighted by Gasteiger charge is 2.23. The number of aromatic nitrogens is 1. The van der Waals surface area contributed by atoms with Gasteiger partial charge in [0.05, 0.1) is 5.69 Å². The molecule has 0 aromatic carbocycles. The Kier molecular flexibility index (Phi) is 4.51. The van der Waals surface area contributed by atoms with Gasteiger partial charge in [0.2, 0.25) is 0 Å². The van der Waals surface area contributed by atoms with Crippen molar-refractivity contribution < 1.29 is 4.74 Å². The minimum atomic E-state index is 0.274. The summed E-state index contributed by atoms with van der Waals surface area (Å²) < 4.78 is 5.76. The van der Waals surface area contributed by atoms with Crippen molar-refractivity contribution in [2.75, 3.05) is 6.61 Å². The quantitative estimate of drug-likeness (QED) is 0.895. The normalized spacial score (nSPS) is 24.4. The van der Waals surface area contributed by atoms with Gasteiger partial charge in [-0.25, -0.2) is 4.98 Å². The molecule has 0 bridgehead atoms. The van der Waals surface area contributed by atoms with Gasteiger partial charge in [0.15, 0.2) is 0 Å². The van der Waals surface area contributed by atoms with E-state index in [1.165, 1.54) is 47.7 Å². The molecule has 0 radical (unpaired) electrons. The topological polar surface area (TPSA) is 34.1 Å². The van der Waals surface area contributed by atoms with E-state index in [4.69, 9.17) is 9.72 Å². The van der Waals surface area contributed by atoms with E-state index in [1.54, 1.807) is 0 Å². The van der Waals surface area contributed by atoms with E-state index >= 15 is 0 Å². The van der Waals surface area contributed by atoms with Crippen LogP contribution in [0.1, 0.15) is 67.1 Å². The Balaban J connectivity index is 1.65. The van der Waals surface area contributed by atoms with E-state index in [1.807, 2.05) is 11.3 Å². The van der Waals surface area contributed by atoms with E-state index in [0.717, 1.165) is 32.0 Å². The fourth-order valence-corrected chi connectivity index (χ4v) is 4.28. The molecule has 1 saturated carbocycles. The highest BCUT2D eigenvalue weighted by atomic mass is 32.1. The summed E-state index contributed by atoms with van der Waals surface area (Å²) in [4.78, 5) is 6.24. The number of rotatable bonds is 5. The average Bonchev–Trinajstić information content (AvgIpc) is 3.16. The van der Waals surface area contributed by atoms with Gasteiger partial charge in [-0.3, -0.25) is 0 Å². The van der Waals surface area contributed by atoms with Crippen molar-refractivity contribution in [3.05, 3.63) is 15.6 Å². The summed E-state index contributed by atoms with van der Waals surface area (Å²) in [6.45, 7) is 4.10. The second-order valence-electron chi connectivity index (χ2n) is 5.64. The van der Waals surface area contributed by atoms with Crippen LogP contribution in [0.15, 0.2) is 0 Å². The number of hydrogen-bond acceptors (Lipinski definition) is 4. The van der Waals surface area contributed by atoms with Crippen LogP contribution < -0.4 is 5.32 Å². The molecule has 0 spiro atoms. The van der Waals surface area contributed by atoms with E-state index in [0.29, 0.717) is 0 Å². The van der Waals surface area contributed by atoms with Crippen LogP contribution in [-0.4, -0.2) is 17.6 Å². The molecular weight excluding hydrogens is 256 g/mol. The van der Waals surface area contributed by atoms with E-state index in [-0.39, 0.29) is 6.10 Å². The van der Waals surface area contributed by atoms with Crippen molar-refractivity contribution in [2.24, 2.45) is 0 Å². The first-order chi connectivity index (χ1) is 9.36. The van der Waals surface area contributed by atoms with Crippen molar-refractivity contribution >= 4 is 11.3 Å². The molecule has 19 heavy (non-hydrogen) atoms. The Bertz CT molecular complexity index is 406. The third-order valence-electron chi connectivity index (χ3n) is 4.24. The van der Waals surface area contributed by atoms with Crippen LogP contribution in [0.4, 0.5) is 0 Å². The SMILES string of the molecule is CCc1nc(C2CCCO2)sc1CNC1CCCC1. The van der Waals surface area contributed by atoms with Gasteiger partial charge < -0.3 is 10.1 Å². The molecule has 3 rings (SSSR count). The molecule has 1 atom stereocenters. The summed E-state index contributed by atoms with van der Waals surface area (Å²) in [5.41, 5.74) is 1.28. The zero-order valence-corrected chi connectivity index (χ0v) is 12.6. The van der Waals surface area contributed by atoms with Gasteiger partial charge in [0, 0.05) is 24.1 Å². The zero-order chi connectivity index (χ0) is 13.1. The largest absolute Gasteiger partial charge is 0.371 e. The summed E-state index contributed by atoms with van der Waals surface area (Å²) in [5.74, 6) is 0. The average molecular weight is 280 g/mol. The standard InChI is InChI=1S/C15H24N2OS/c1-2-12-14(10-16-11-6-3-4-7-11)19-15(17-12)13-8-5-9-18-13/h11,13,16H,2-10H2,1H3. The Morgan fingerprint density at radius 1 is 1.26 bits per heavy atom. The number of nitrogens with zero attached hydrogens (tertiary/aromatic N) is 1. The van der Waals surface area contributed by atoms with Crippen molar-refractivity contribution in [3.8, 4) is 0 Å². The fraction of sp³-hybridized carbons (Fsp3) is 0.800. The molecule has 2 heterocycles. The summed E-state index contributed by atoms with van der Waals surface area (Å²) in [6.07, 6.45) is 9.11. The van der Waals surface area contributed by atoms with Crippen molar-refractivity contribution in [1.29, 1.82) is 0 Å². The molecule has 1 aromatic heterocycles. The lowest BCUT2D eigenvalue weighted by molar-refractivity contribution is 0.111. The van der Waals surface area contributed by atoms with Crippen molar-refractivity contribution in [2.45, 2.75) is 70.6 Å². The monoisotopic (exact) mass is 280 g/mol.